The molecule has 1 aromatic rings. The van der Waals surface area contributed by atoms with Gasteiger partial charge in [-0.1, -0.05) is 23.7 Å². The van der Waals surface area contributed by atoms with Gasteiger partial charge in [0, 0.05) is 12.6 Å². The maximum absolute atomic E-state index is 5.87. The second kappa shape index (κ2) is 3.97. The molecule has 0 aliphatic carbocycles. The first-order valence-corrected chi connectivity index (χ1v) is 3.88. The molecule has 64 valence electrons. The zero-order valence-electron chi connectivity index (χ0n) is 6.71. The van der Waals surface area contributed by atoms with Gasteiger partial charge in [0.25, 0.3) is 0 Å². The summed E-state index contributed by atoms with van der Waals surface area (Å²) in [4.78, 5) is 0. The summed E-state index contributed by atoms with van der Waals surface area (Å²) < 4.78 is 0. The molecule has 0 radical (unpaired) electrons. The minimum Gasteiger partial charge on any atom is -0.382 e. The molecule has 12 heavy (non-hydrogen) atoms. The second-order valence-electron chi connectivity index (χ2n) is 2.20. The van der Waals surface area contributed by atoms with Gasteiger partial charge in [0.2, 0.25) is 0 Å². The number of nitrogens with one attached hydrogen (secondary N) is 1. The van der Waals surface area contributed by atoms with E-state index in [9.17, 15) is 0 Å². The summed E-state index contributed by atoms with van der Waals surface area (Å²) in [5.41, 5.74) is 8.95. The molecule has 3 nitrogen and oxygen atoms in total. The molecule has 0 bridgehead atoms. The molecule has 0 aliphatic heterocycles. The van der Waals surface area contributed by atoms with Crippen molar-refractivity contribution >= 4 is 17.4 Å². The fourth-order valence-electron chi connectivity index (χ4n) is 0.850. The molecule has 0 saturated carbocycles. The first-order chi connectivity index (χ1) is 5.75. The van der Waals surface area contributed by atoms with E-state index in [1.54, 1.807) is 13.1 Å². The third kappa shape index (κ3) is 1.89. The molecule has 4 heteroatoms. The van der Waals surface area contributed by atoms with Crippen molar-refractivity contribution in [2.45, 2.75) is 0 Å². The van der Waals surface area contributed by atoms with E-state index in [4.69, 9.17) is 17.3 Å². The lowest BCUT2D eigenvalue weighted by molar-refractivity contribution is 0.898. The van der Waals surface area contributed by atoms with Gasteiger partial charge in [-0.15, -0.1) is 0 Å². The number of hydrazone groups is 1. The Morgan fingerprint density at radius 1 is 1.50 bits per heavy atom. The Hall–Kier alpha value is -1.22. The summed E-state index contributed by atoms with van der Waals surface area (Å²) in [5.74, 6) is 0.392. The van der Waals surface area contributed by atoms with Gasteiger partial charge in [-0.3, -0.25) is 0 Å². The van der Waals surface area contributed by atoms with Crippen molar-refractivity contribution in [3.05, 3.63) is 34.9 Å². The highest BCUT2D eigenvalue weighted by atomic mass is 35.5. The number of benzene rings is 1. The van der Waals surface area contributed by atoms with Crippen LogP contribution in [0.3, 0.4) is 0 Å². The molecule has 0 spiro atoms. The molecule has 1 aromatic carbocycles. The van der Waals surface area contributed by atoms with Crippen molar-refractivity contribution < 1.29 is 0 Å². The van der Waals surface area contributed by atoms with Crippen LogP contribution in [0.25, 0.3) is 0 Å². The summed E-state index contributed by atoms with van der Waals surface area (Å²) >= 11 is 5.87. The molecular weight excluding hydrogens is 174 g/mol. The lowest BCUT2D eigenvalue weighted by atomic mass is 10.2. The van der Waals surface area contributed by atoms with Gasteiger partial charge in [0.15, 0.2) is 5.84 Å². The molecule has 0 heterocycles. The number of hydrogen-bond donors (Lipinski definition) is 2. The Bertz CT molecular complexity index is 296. The fraction of sp³-hybridized carbons (Fsp3) is 0.125. The molecule has 0 unspecified atom stereocenters. The molecule has 0 amide bonds. The number of halogens is 1. The fourth-order valence-corrected chi connectivity index (χ4v) is 1.08. The number of nitrogens with two attached hydrogens (primary N) is 1. The van der Waals surface area contributed by atoms with Gasteiger partial charge in [-0.05, 0) is 12.1 Å². The van der Waals surface area contributed by atoms with Crippen molar-refractivity contribution in [3.8, 4) is 0 Å². The quantitative estimate of drug-likeness (QED) is 0.411. The van der Waals surface area contributed by atoms with E-state index in [0.29, 0.717) is 10.9 Å². The van der Waals surface area contributed by atoms with Crippen molar-refractivity contribution in [1.82, 2.24) is 5.43 Å². The molecular formula is C8H10ClN3. The minimum absolute atomic E-state index is 0.392. The van der Waals surface area contributed by atoms with Crippen LogP contribution in [0.15, 0.2) is 29.4 Å². The van der Waals surface area contributed by atoms with Crippen LogP contribution in [-0.4, -0.2) is 12.9 Å². The third-order valence-electron chi connectivity index (χ3n) is 1.38. The van der Waals surface area contributed by atoms with Crippen LogP contribution in [-0.2, 0) is 0 Å². The summed E-state index contributed by atoms with van der Waals surface area (Å²) in [5, 5.41) is 4.42. The standard InChI is InChI=1S/C8H10ClN3/c1-11-12-8(10)6-4-2-3-5-7(6)9/h2-5,11H,1H3,(H2,10,12). The predicted molar refractivity (Wildman–Crippen MR) is 51.2 cm³/mol. The highest BCUT2D eigenvalue weighted by Gasteiger charge is 2.01. The highest BCUT2D eigenvalue weighted by molar-refractivity contribution is 6.34. The van der Waals surface area contributed by atoms with E-state index in [0.717, 1.165) is 5.56 Å². The Morgan fingerprint density at radius 3 is 2.75 bits per heavy atom. The summed E-state index contributed by atoms with van der Waals surface area (Å²) in [6.45, 7) is 0. The van der Waals surface area contributed by atoms with Crippen LogP contribution in [0, 0.1) is 0 Å². The summed E-state index contributed by atoms with van der Waals surface area (Å²) in [6.07, 6.45) is 0. The molecule has 1 rings (SSSR count). The number of rotatable bonds is 2. The monoisotopic (exact) mass is 183 g/mol. The molecule has 0 aliphatic rings. The van der Waals surface area contributed by atoms with Crippen molar-refractivity contribution in [1.29, 1.82) is 0 Å². The Morgan fingerprint density at radius 2 is 2.17 bits per heavy atom. The largest absolute Gasteiger partial charge is 0.382 e. The van der Waals surface area contributed by atoms with Crippen LogP contribution < -0.4 is 11.2 Å². The predicted octanol–water partition coefficient (Wildman–Crippen LogP) is 1.18. The Balaban J connectivity index is 3.02. The van der Waals surface area contributed by atoms with E-state index < -0.39 is 0 Å². The zero-order chi connectivity index (χ0) is 8.97. The van der Waals surface area contributed by atoms with E-state index in [1.807, 2.05) is 18.2 Å². The van der Waals surface area contributed by atoms with Crippen LogP contribution >= 0.6 is 11.6 Å². The maximum Gasteiger partial charge on any atom is 0.152 e. The van der Waals surface area contributed by atoms with Gasteiger partial charge >= 0.3 is 0 Å². The average Bonchev–Trinajstić information content (AvgIpc) is 2.05. The number of amidine groups is 1. The van der Waals surface area contributed by atoms with Crippen molar-refractivity contribution in [2.75, 3.05) is 7.05 Å². The Kier molecular flexibility index (Phi) is 2.94. The molecule has 0 fully saturated rings. The van der Waals surface area contributed by atoms with E-state index in [-0.39, 0.29) is 0 Å². The summed E-state index contributed by atoms with van der Waals surface area (Å²) in [7, 11) is 1.68. The van der Waals surface area contributed by atoms with Gasteiger partial charge in [-0.2, -0.15) is 5.10 Å². The first-order valence-electron chi connectivity index (χ1n) is 3.50. The molecule has 0 atom stereocenters. The summed E-state index contributed by atoms with van der Waals surface area (Å²) in [6, 6.07) is 7.30. The van der Waals surface area contributed by atoms with Crippen LogP contribution in [0.5, 0.6) is 0 Å². The van der Waals surface area contributed by atoms with Crippen LogP contribution in [0.2, 0.25) is 5.02 Å². The maximum atomic E-state index is 5.87. The SMILES string of the molecule is CNN=C(N)c1ccccc1Cl. The normalized spacial score (nSPS) is 11.3. The smallest absolute Gasteiger partial charge is 0.152 e. The lowest BCUT2D eigenvalue weighted by Crippen LogP contribution is -2.17. The number of hydrogen-bond acceptors (Lipinski definition) is 2. The van der Waals surface area contributed by atoms with Gasteiger partial charge in [0.1, 0.15) is 0 Å². The molecule has 3 N–H and O–H groups in total. The molecule has 0 aromatic heterocycles. The van der Waals surface area contributed by atoms with Crippen LogP contribution in [0.4, 0.5) is 0 Å². The zero-order valence-corrected chi connectivity index (χ0v) is 7.47. The van der Waals surface area contributed by atoms with Gasteiger partial charge < -0.3 is 11.2 Å². The first kappa shape index (κ1) is 8.87. The van der Waals surface area contributed by atoms with E-state index >= 15 is 0 Å². The van der Waals surface area contributed by atoms with E-state index in [2.05, 4.69) is 10.5 Å². The van der Waals surface area contributed by atoms with Crippen molar-refractivity contribution in [3.63, 3.8) is 0 Å². The molecule has 0 saturated heterocycles. The average molecular weight is 184 g/mol. The van der Waals surface area contributed by atoms with Crippen LogP contribution in [0.1, 0.15) is 5.56 Å². The van der Waals surface area contributed by atoms with Gasteiger partial charge in [-0.25, -0.2) is 0 Å². The lowest BCUT2D eigenvalue weighted by Gasteiger charge is -2.01. The highest BCUT2D eigenvalue weighted by Crippen LogP contribution is 2.13. The second-order valence-corrected chi connectivity index (χ2v) is 2.61. The number of nitrogens with zero attached hydrogens (tertiary/aromatic N) is 1. The Labute approximate surface area is 76.2 Å². The minimum atomic E-state index is 0.392. The van der Waals surface area contributed by atoms with Gasteiger partial charge in [0.05, 0.1) is 5.02 Å². The topological polar surface area (TPSA) is 50.4 Å². The third-order valence-corrected chi connectivity index (χ3v) is 1.71. The van der Waals surface area contributed by atoms with E-state index in [1.165, 1.54) is 0 Å². The van der Waals surface area contributed by atoms with Crippen molar-refractivity contribution in [2.24, 2.45) is 10.8 Å².